The highest BCUT2D eigenvalue weighted by molar-refractivity contribution is 5.97. The normalized spacial score (nSPS) is 14.8. The van der Waals surface area contributed by atoms with E-state index in [0.717, 1.165) is 35.6 Å². The van der Waals surface area contributed by atoms with Gasteiger partial charge in [-0.1, -0.05) is 24.3 Å². The Hall–Kier alpha value is -3.15. The van der Waals surface area contributed by atoms with Crippen molar-refractivity contribution in [2.75, 3.05) is 37.7 Å². The molecule has 152 valence electrons. The summed E-state index contributed by atoms with van der Waals surface area (Å²) < 4.78 is 13.3. The molecule has 0 unspecified atom stereocenters. The van der Waals surface area contributed by atoms with Gasteiger partial charge in [-0.25, -0.2) is 0 Å². The fourth-order valence-electron chi connectivity index (χ4n) is 3.87. The van der Waals surface area contributed by atoms with Gasteiger partial charge in [0.25, 0.3) is 5.91 Å². The molecule has 0 bridgehead atoms. The number of furan rings is 1. The molecule has 0 spiro atoms. The highest BCUT2D eigenvalue weighted by Gasteiger charge is 2.26. The molecule has 0 N–H and O–H groups in total. The minimum atomic E-state index is 0.0543. The average molecular weight is 393 g/mol. The van der Waals surface area contributed by atoms with Crippen LogP contribution in [0.5, 0.6) is 5.75 Å². The number of rotatable bonds is 6. The summed E-state index contributed by atoms with van der Waals surface area (Å²) in [5, 5.41) is 0. The van der Waals surface area contributed by atoms with Crippen LogP contribution >= 0.6 is 0 Å². The zero-order valence-corrected chi connectivity index (χ0v) is 17.0. The van der Waals surface area contributed by atoms with Crippen molar-refractivity contribution in [3.8, 4) is 5.75 Å². The van der Waals surface area contributed by atoms with E-state index in [-0.39, 0.29) is 5.91 Å². The number of para-hydroxylation sites is 2. The lowest BCUT2D eigenvalue weighted by atomic mass is 10.2. The number of hydrogen-bond acceptors (Lipinski definition) is 4. The van der Waals surface area contributed by atoms with Gasteiger partial charge in [0, 0.05) is 44.9 Å². The Morgan fingerprint density at radius 1 is 1.17 bits per heavy atom. The molecular formula is C23H27N3O3. The SMILES string of the molecule is C/C=C\Cn1c(C(=O)N2CCN(c3ccccc3OCC)CC2)cc2occc21. The molecule has 0 aliphatic carbocycles. The molecular weight excluding hydrogens is 366 g/mol. The third kappa shape index (κ3) is 3.75. The summed E-state index contributed by atoms with van der Waals surface area (Å²) in [5.41, 5.74) is 3.48. The Labute approximate surface area is 170 Å². The van der Waals surface area contributed by atoms with Crippen LogP contribution in [0.1, 0.15) is 24.3 Å². The number of benzene rings is 1. The van der Waals surface area contributed by atoms with Crippen LogP contribution in [0, 0.1) is 0 Å². The van der Waals surface area contributed by atoms with Crippen molar-refractivity contribution in [1.82, 2.24) is 9.47 Å². The van der Waals surface area contributed by atoms with Gasteiger partial charge >= 0.3 is 0 Å². The number of hydrogen-bond donors (Lipinski definition) is 0. The van der Waals surface area contributed by atoms with E-state index in [4.69, 9.17) is 9.15 Å². The van der Waals surface area contributed by atoms with E-state index < -0.39 is 0 Å². The molecule has 1 saturated heterocycles. The molecule has 1 aromatic carbocycles. The Morgan fingerprint density at radius 2 is 1.97 bits per heavy atom. The second-order valence-corrected chi connectivity index (χ2v) is 7.06. The number of allylic oxidation sites excluding steroid dienone is 2. The lowest BCUT2D eigenvalue weighted by Gasteiger charge is -2.36. The summed E-state index contributed by atoms with van der Waals surface area (Å²) in [4.78, 5) is 17.5. The Balaban J connectivity index is 1.50. The maximum Gasteiger partial charge on any atom is 0.270 e. The highest BCUT2D eigenvalue weighted by atomic mass is 16.5. The summed E-state index contributed by atoms with van der Waals surface area (Å²) >= 11 is 0. The lowest BCUT2D eigenvalue weighted by molar-refractivity contribution is 0.0737. The minimum absolute atomic E-state index is 0.0543. The summed E-state index contributed by atoms with van der Waals surface area (Å²) in [5.74, 6) is 0.953. The summed E-state index contributed by atoms with van der Waals surface area (Å²) in [6.07, 6.45) is 5.71. The van der Waals surface area contributed by atoms with Crippen LogP contribution in [-0.2, 0) is 6.54 Å². The first-order chi connectivity index (χ1) is 14.2. The maximum absolute atomic E-state index is 13.3. The van der Waals surface area contributed by atoms with Gasteiger partial charge in [-0.05, 0) is 26.0 Å². The standard InChI is InChI=1S/C23H27N3O3/c1-3-5-11-26-19-10-16-29-22(19)17-20(26)23(27)25-14-12-24(13-15-25)18-8-6-7-9-21(18)28-4-2/h3,5-10,16-17H,4,11-15H2,1-2H3/b5-3-. The lowest BCUT2D eigenvalue weighted by Crippen LogP contribution is -2.49. The van der Waals surface area contributed by atoms with Crippen molar-refractivity contribution in [3.05, 3.63) is 60.5 Å². The predicted octanol–water partition coefficient (Wildman–Crippen LogP) is 4.17. The summed E-state index contributed by atoms with van der Waals surface area (Å²) in [6, 6.07) is 11.9. The third-order valence-corrected chi connectivity index (χ3v) is 5.34. The van der Waals surface area contributed by atoms with Crippen molar-refractivity contribution < 1.29 is 13.9 Å². The molecule has 29 heavy (non-hydrogen) atoms. The maximum atomic E-state index is 13.3. The van der Waals surface area contributed by atoms with Gasteiger partial charge < -0.3 is 23.5 Å². The van der Waals surface area contributed by atoms with Crippen LogP contribution in [-0.4, -0.2) is 48.2 Å². The van der Waals surface area contributed by atoms with Crippen LogP contribution < -0.4 is 9.64 Å². The molecule has 2 aromatic heterocycles. The van der Waals surface area contributed by atoms with Gasteiger partial charge in [0.15, 0.2) is 5.58 Å². The number of ether oxygens (including phenoxy) is 1. The Bertz CT molecular complexity index is 1010. The van der Waals surface area contributed by atoms with Crippen LogP contribution in [0.4, 0.5) is 5.69 Å². The van der Waals surface area contributed by atoms with E-state index in [1.807, 2.05) is 65.8 Å². The molecule has 1 aliphatic rings. The number of amides is 1. The van der Waals surface area contributed by atoms with Crippen molar-refractivity contribution in [2.24, 2.45) is 0 Å². The van der Waals surface area contributed by atoms with Gasteiger partial charge in [-0.2, -0.15) is 0 Å². The molecule has 1 aliphatic heterocycles. The van der Waals surface area contributed by atoms with Crippen LogP contribution in [0.25, 0.3) is 11.1 Å². The molecule has 0 atom stereocenters. The highest BCUT2D eigenvalue weighted by Crippen LogP contribution is 2.29. The molecule has 1 amide bonds. The Morgan fingerprint density at radius 3 is 2.72 bits per heavy atom. The number of carbonyl (C=O) groups excluding carboxylic acids is 1. The van der Waals surface area contributed by atoms with E-state index in [1.54, 1.807) is 6.26 Å². The van der Waals surface area contributed by atoms with E-state index in [9.17, 15) is 4.79 Å². The number of anilines is 1. The second-order valence-electron chi connectivity index (χ2n) is 7.06. The third-order valence-electron chi connectivity index (χ3n) is 5.34. The average Bonchev–Trinajstić information content (AvgIpc) is 3.34. The monoisotopic (exact) mass is 393 g/mol. The molecule has 6 nitrogen and oxygen atoms in total. The van der Waals surface area contributed by atoms with E-state index >= 15 is 0 Å². The largest absolute Gasteiger partial charge is 0.492 e. The number of aromatic nitrogens is 1. The first-order valence-electron chi connectivity index (χ1n) is 10.2. The molecule has 1 fully saturated rings. The number of nitrogens with zero attached hydrogens (tertiary/aromatic N) is 3. The van der Waals surface area contributed by atoms with Crippen molar-refractivity contribution >= 4 is 22.7 Å². The summed E-state index contributed by atoms with van der Waals surface area (Å²) in [6.45, 7) is 8.18. The molecule has 6 heteroatoms. The zero-order chi connectivity index (χ0) is 20.2. The molecule has 0 radical (unpaired) electrons. The fourth-order valence-corrected chi connectivity index (χ4v) is 3.87. The Kier molecular flexibility index (Phi) is 5.60. The molecule has 4 rings (SSSR count). The van der Waals surface area contributed by atoms with Crippen molar-refractivity contribution in [2.45, 2.75) is 20.4 Å². The van der Waals surface area contributed by atoms with Crippen LogP contribution in [0.3, 0.4) is 0 Å². The molecule has 3 aromatic rings. The number of fused-ring (bicyclic) bond motifs is 1. The van der Waals surface area contributed by atoms with Crippen LogP contribution in [0.15, 0.2) is 59.2 Å². The molecule has 0 saturated carbocycles. The number of carbonyl (C=O) groups is 1. The van der Waals surface area contributed by atoms with Gasteiger partial charge in [-0.3, -0.25) is 4.79 Å². The smallest absolute Gasteiger partial charge is 0.270 e. The quantitative estimate of drug-likeness (QED) is 0.590. The van der Waals surface area contributed by atoms with Gasteiger partial charge in [0.2, 0.25) is 0 Å². The topological polar surface area (TPSA) is 50.9 Å². The van der Waals surface area contributed by atoms with Gasteiger partial charge in [-0.15, -0.1) is 0 Å². The number of piperazine rings is 1. The molecule has 3 heterocycles. The zero-order valence-electron chi connectivity index (χ0n) is 17.0. The first kappa shape index (κ1) is 19.2. The van der Waals surface area contributed by atoms with Crippen molar-refractivity contribution in [1.29, 1.82) is 0 Å². The fraction of sp³-hybridized carbons (Fsp3) is 0.348. The second kappa shape index (κ2) is 8.47. The van der Waals surface area contributed by atoms with E-state index in [2.05, 4.69) is 11.0 Å². The minimum Gasteiger partial charge on any atom is -0.492 e. The van der Waals surface area contributed by atoms with Crippen molar-refractivity contribution in [3.63, 3.8) is 0 Å². The predicted molar refractivity (Wildman–Crippen MR) is 115 cm³/mol. The van der Waals surface area contributed by atoms with E-state index in [1.165, 1.54) is 0 Å². The first-order valence-corrected chi connectivity index (χ1v) is 10.2. The van der Waals surface area contributed by atoms with Gasteiger partial charge in [0.05, 0.1) is 24.1 Å². The van der Waals surface area contributed by atoms with E-state index in [0.29, 0.717) is 31.9 Å². The van der Waals surface area contributed by atoms with Gasteiger partial charge in [0.1, 0.15) is 11.4 Å². The van der Waals surface area contributed by atoms with Crippen LogP contribution in [0.2, 0.25) is 0 Å². The summed E-state index contributed by atoms with van der Waals surface area (Å²) in [7, 11) is 0.